The van der Waals surface area contributed by atoms with Crippen LogP contribution in [0.5, 0.6) is 0 Å². The Morgan fingerprint density at radius 3 is 3.17 bits per heavy atom. The molecule has 1 heterocycles. The fourth-order valence-corrected chi connectivity index (χ4v) is 2.39. The van der Waals surface area contributed by atoms with Gasteiger partial charge in [-0.05, 0) is 36.8 Å². The third-order valence-corrected chi connectivity index (χ3v) is 4.26. The maximum absolute atomic E-state index is 12.2. The summed E-state index contributed by atoms with van der Waals surface area (Å²) < 4.78 is 0. The summed E-state index contributed by atoms with van der Waals surface area (Å²) in [6.07, 6.45) is 4.15. The summed E-state index contributed by atoms with van der Waals surface area (Å²) in [6.45, 7) is 3.84. The van der Waals surface area contributed by atoms with Crippen molar-refractivity contribution in [2.75, 3.05) is 24.7 Å². The molecule has 3 nitrogen and oxygen atoms in total. The molecule has 1 aliphatic heterocycles. The number of carbonyl (C=O) groups is 1. The SMILES string of the molecule is CSC(C)CNC(=O)c1cccc2c1CCCN2. The minimum Gasteiger partial charge on any atom is -0.385 e. The molecule has 1 aromatic rings. The van der Waals surface area contributed by atoms with Crippen LogP contribution in [-0.2, 0) is 6.42 Å². The summed E-state index contributed by atoms with van der Waals surface area (Å²) in [5.41, 5.74) is 3.11. The predicted octanol–water partition coefficient (Wildman–Crippen LogP) is 2.53. The quantitative estimate of drug-likeness (QED) is 0.878. The Balaban J connectivity index is 2.10. The van der Waals surface area contributed by atoms with E-state index in [1.54, 1.807) is 11.8 Å². The standard InChI is InChI=1S/C14H20N2OS/c1-10(18-2)9-16-14(17)12-5-3-7-13-11(12)6-4-8-15-13/h3,5,7,10,15H,4,6,8-9H2,1-2H3,(H,16,17). The fraction of sp³-hybridized carbons (Fsp3) is 0.500. The van der Waals surface area contributed by atoms with E-state index < -0.39 is 0 Å². The van der Waals surface area contributed by atoms with Gasteiger partial charge in [-0.25, -0.2) is 0 Å². The van der Waals surface area contributed by atoms with Gasteiger partial charge in [-0.3, -0.25) is 4.79 Å². The average molecular weight is 264 g/mol. The molecular weight excluding hydrogens is 244 g/mol. The first-order valence-corrected chi connectivity index (χ1v) is 7.68. The second kappa shape index (κ2) is 6.14. The summed E-state index contributed by atoms with van der Waals surface area (Å²) in [5, 5.41) is 6.81. The van der Waals surface area contributed by atoms with E-state index in [2.05, 4.69) is 29.9 Å². The van der Waals surface area contributed by atoms with Crippen LogP contribution in [0.3, 0.4) is 0 Å². The molecule has 1 atom stereocenters. The molecule has 98 valence electrons. The molecular formula is C14H20N2OS. The minimum atomic E-state index is 0.0523. The van der Waals surface area contributed by atoms with Crippen molar-refractivity contribution in [2.45, 2.75) is 25.0 Å². The van der Waals surface area contributed by atoms with Crippen LogP contribution in [-0.4, -0.2) is 30.5 Å². The molecule has 1 amide bonds. The first-order chi connectivity index (χ1) is 8.72. The zero-order valence-electron chi connectivity index (χ0n) is 11.0. The van der Waals surface area contributed by atoms with E-state index in [1.807, 2.05) is 12.1 Å². The number of fused-ring (bicyclic) bond motifs is 1. The van der Waals surface area contributed by atoms with Gasteiger partial charge in [0.25, 0.3) is 5.91 Å². The second-order valence-electron chi connectivity index (χ2n) is 4.62. The van der Waals surface area contributed by atoms with Crippen molar-refractivity contribution in [3.8, 4) is 0 Å². The van der Waals surface area contributed by atoms with E-state index in [-0.39, 0.29) is 5.91 Å². The lowest BCUT2D eigenvalue weighted by Crippen LogP contribution is -2.30. The van der Waals surface area contributed by atoms with E-state index in [9.17, 15) is 4.79 Å². The molecule has 1 aliphatic rings. The predicted molar refractivity (Wildman–Crippen MR) is 78.6 cm³/mol. The van der Waals surface area contributed by atoms with Gasteiger partial charge in [0.1, 0.15) is 0 Å². The lowest BCUT2D eigenvalue weighted by atomic mass is 9.97. The third-order valence-electron chi connectivity index (χ3n) is 3.29. The summed E-state index contributed by atoms with van der Waals surface area (Å²) in [5.74, 6) is 0.0523. The molecule has 0 saturated heterocycles. The summed E-state index contributed by atoms with van der Waals surface area (Å²) in [7, 11) is 0. The van der Waals surface area contributed by atoms with Crippen LogP contribution in [0, 0.1) is 0 Å². The zero-order valence-corrected chi connectivity index (χ0v) is 11.8. The number of hydrogen-bond donors (Lipinski definition) is 2. The molecule has 0 aliphatic carbocycles. The molecule has 0 aromatic heterocycles. The number of anilines is 1. The lowest BCUT2D eigenvalue weighted by molar-refractivity contribution is 0.0953. The number of rotatable bonds is 4. The highest BCUT2D eigenvalue weighted by molar-refractivity contribution is 7.99. The van der Waals surface area contributed by atoms with Gasteiger partial charge in [-0.15, -0.1) is 0 Å². The molecule has 0 radical (unpaired) electrons. The molecule has 0 fully saturated rings. The molecule has 0 saturated carbocycles. The molecule has 2 N–H and O–H groups in total. The van der Waals surface area contributed by atoms with Gasteiger partial charge in [0.15, 0.2) is 0 Å². The Hall–Kier alpha value is -1.16. The van der Waals surface area contributed by atoms with Gasteiger partial charge < -0.3 is 10.6 Å². The molecule has 0 bridgehead atoms. The Bertz CT molecular complexity index is 434. The van der Waals surface area contributed by atoms with Gasteiger partial charge in [0, 0.05) is 29.6 Å². The summed E-state index contributed by atoms with van der Waals surface area (Å²) in [4.78, 5) is 12.2. The number of benzene rings is 1. The van der Waals surface area contributed by atoms with Crippen molar-refractivity contribution >= 4 is 23.4 Å². The highest BCUT2D eigenvalue weighted by Crippen LogP contribution is 2.25. The maximum atomic E-state index is 12.2. The van der Waals surface area contributed by atoms with Crippen LogP contribution in [0.2, 0.25) is 0 Å². The van der Waals surface area contributed by atoms with Crippen molar-refractivity contribution in [3.05, 3.63) is 29.3 Å². The number of hydrogen-bond acceptors (Lipinski definition) is 3. The number of nitrogens with one attached hydrogen (secondary N) is 2. The van der Waals surface area contributed by atoms with Crippen molar-refractivity contribution in [1.82, 2.24) is 5.32 Å². The molecule has 1 aromatic carbocycles. The van der Waals surface area contributed by atoms with Crippen LogP contribution in [0.15, 0.2) is 18.2 Å². The van der Waals surface area contributed by atoms with Crippen molar-refractivity contribution < 1.29 is 4.79 Å². The van der Waals surface area contributed by atoms with Crippen molar-refractivity contribution in [3.63, 3.8) is 0 Å². The number of amides is 1. The smallest absolute Gasteiger partial charge is 0.251 e. The van der Waals surface area contributed by atoms with Crippen LogP contribution >= 0.6 is 11.8 Å². The van der Waals surface area contributed by atoms with E-state index in [0.717, 1.165) is 42.7 Å². The summed E-state index contributed by atoms with van der Waals surface area (Å²) in [6, 6.07) is 5.92. The summed E-state index contributed by atoms with van der Waals surface area (Å²) >= 11 is 1.76. The molecule has 1 unspecified atom stereocenters. The Morgan fingerprint density at radius 2 is 2.39 bits per heavy atom. The van der Waals surface area contributed by atoms with Gasteiger partial charge in [0.05, 0.1) is 0 Å². The Labute approximate surface area is 113 Å². The molecule has 2 rings (SSSR count). The van der Waals surface area contributed by atoms with E-state index in [1.165, 1.54) is 0 Å². The zero-order chi connectivity index (χ0) is 13.0. The molecule has 4 heteroatoms. The minimum absolute atomic E-state index is 0.0523. The lowest BCUT2D eigenvalue weighted by Gasteiger charge is -2.21. The highest BCUT2D eigenvalue weighted by Gasteiger charge is 2.17. The van der Waals surface area contributed by atoms with E-state index >= 15 is 0 Å². The van der Waals surface area contributed by atoms with Crippen molar-refractivity contribution in [1.29, 1.82) is 0 Å². The second-order valence-corrected chi connectivity index (χ2v) is 5.89. The van der Waals surface area contributed by atoms with Crippen LogP contribution in [0.4, 0.5) is 5.69 Å². The van der Waals surface area contributed by atoms with Gasteiger partial charge >= 0.3 is 0 Å². The van der Waals surface area contributed by atoms with Crippen LogP contribution in [0.25, 0.3) is 0 Å². The first-order valence-electron chi connectivity index (χ1n) is 6.39. The van der Waals surface area contributed by atoms with Crippen LogP contribution in [0.1, 0.15) is 29.3 Å². The monoisotopic (exact) mass is 264 g/mol. The van der Waals surface area contributed by atoms with Gasteiger partial charge in [-0.1, -0.05) is 13.0 Å². The maximum Gasteiger partial charge on any atom is 0.251 e. The van der Waals surface area contributed by atoms with E-state index in [4.69, 9.17) is 0 Å². The van der Waals surface area contributed by atoms with Crippen molar-refractivity contribution in [2.24, 2.45) is 0 Å². The third kappa shape index (κ3) is 2.99. The first kappa shape index (κ1) is 13.3. The Morgan fingerprint density at radius 1 is 1.56 bits per heavy atom. The molecule has 18 heavy (non-hydrogen) atoms. The average Bonchev–Trinajstić information content (AvgIpc) is 2.43. The Kier molecular flexibility index (Phi) is 4.53. The molecule has 0 spiro atoms. The highest BCUT2D eigenvalue weighted by atomic mass is 32.2. The normalized spacial score (nSPS) is 15.4. The number of carbonyl (C=O) groups excluding carboxylic acids is 1. The number of thioether (sulfide) groups is 1. The fourth-order valence-electron chi connectivity index (χ4n) is 2.14. The van der Waals surface area contributed by atoms with Gasteiger partial charge in [-0.2, -0.15) is 11.8 Å². The van der Waals surface area contributed by atoms with E-state index in [0.29, 0.717) is 5.25 Å². The largest absolute Gasteiger partial charge is 0.385 e. The van der Waals surface area contributed by atoms with Crippen LogP contribution < -0.4 is 10.6 Å². The topological polar surface area (TPSA) is 41.1 Å². The van der Waals surface area contributed by atoms with Gasteiger partial charge in [0.2, 0.25) is 0 Å².